The second kappa shape index (κ2) is 5.94. The second-order valence-electron chi connectivity index (χ2n) is 4.79. The Kier molecular flexibility index (Phi) is 4.25. The lowest BCUT2D eigenvalue weighted by Gasteiger charge is -2.11. The van der Waals surface area contributed by atoms with E-state index >= 15 is 0 Å². The molecule has 1 aromatic heterocycles. The summed E-state index contributed by atoms with van der Waals surface area (Å²) in [5, 5.41) is 56.9. The molecule has 0 radical (unpaired) electrons. The van der Waals surface area contributed by atoms with Crippen molar-refractivity contribution < 1.29 is 30.6 Å². The smallest absolute Gasteiger partial charge is 0.197 e. The van der Waals surface area contributed by atoms with E-state index in [2.05, 4.69) is 0 Å². The predicted octanol–water partition coefficient (Wildman–Crippen LogP) is 0.254. The van der Waals surface area contributed by atoms with Crippen molar-refractivity contribution >= 4 is 0 Å². The molecule has 114 valence electrons. The zero-order valence-electron chi connectivity index (χ0n) is 11.1. The molecule has 2 rings (SSSR count). The summed E-state index contributed by atoms with van der Waals surface area (Å²) in [7, 11) is 0. The van der Waals surface area contributed by atoms with Crippen molar-refractivity contribution in [1.29, 1.82) is 0 Å². The van der Waals surface area contributed by atoms with Crippen LogP contribution in [0, 0.1) is 0 Å². The van der Waals surface area contributed by atoms with Gasteiger partial charge in [-0.15, -0.1) is 0 Å². The van der Waals surface area contributed by atoms with Crippen LogP contribution in [0.1, 0.15) is 11.1 Å². The molecule has 21 heavy (non-hydrogen) atoms. The average molecular weight is 295 g/mol. The summed E-state index contributed by atoms with van der Waals surface area (Å²) in [5.74, 6) is -0.718. The molecule has 0 fully saturated rings. The molecule has 2 aromatic rings. The van der Waals surface area contributed by atoms with Gasteiger partial charge in [-0.2, -0.15) is 0 Å². The standard InChI is InChI=1S/C14H17NO6/c16-7-11(18)6-15-13(20)4-9(14(15)21)3-8-1-2-10(17)5-12(8)19/h1-2,4-5,11,16-21H,3,6-7H2. The van der Waals surface area contributed by atoms with Crippen LogP contribution in [0.25, 0.3) is 0 Å². The van der Waals surface area contributed by atoms with Crippen molar-refractivity contribution in [3.63, 3.8) is 0 Å². The van der Waals surface area contributed by atoms with Gasteiger partial charge in [-0.25, -0.2) is 0 Å². The van der Waals surface area contributed by atoms with Crippen molar-refractivity contribution in [3.05, 3.63) is 35.4 Å². The van der Waals surface area contributed by atoms with Crippen LogP contribution in [0.4, 0.5) is 0 Å². The molecule has 1 aromatic carbocycles. The molecule has 0 saturated heterocycles. The Balaban J connectivity index is 2.27. The summed E-state index contributed by atoms with van der Waals surface area (Å²) in [5.41, 5.74) is 0.807. The van der Waals surface area contributed by atoms with Crippen LogP contribution in [0.5, 0.6) is 23.3 Å². The normalized spacial score (nSPS) is 12.5. The van der Waals surface area contributed by atoms with E-state index in [1.165, 1.54) is 24.3 Å². The van der Waals surface area contributed by atoms with E-state index in [9.17, 15) is 25.5 Å². The number of hydrogen-bond donors (Lipinski definition) is 6. The summed E-state index contributed by atoms with van der Waals surface area (Å²) in [4.78, 5) is 0. The third-order valence-corrected chi connectivity index (χ3v) is 3.18. The lowest BCUT2D eigenvalue weighted by molar-refractivity contribution is 0.0773. The van der Waals surface area contributed by atoms with Crippen molar-refractivity contribution in [1.82, 2.24) is 4.57 Å². The Bertz CT molecular complexity index is 637. The van der Waals surface area contributed by atoms with E-state index in [0.717, 1.165) is 4.57 Å². The number of rotatable bonds is 5. The predicted molar refractivity (Wildman–Crippen MR) is 73.4 cm³/mol. The number of aromatic nitrogens is 1. The molecule has 7 heteroatoms. The third-order valence-electron chi connectivity index (χ3n) is 3.18. The first kappa shape index (κ1) is 15.0. The minimum absolute atomic E-state index is 0.0769. The number of aliphatic hydroxyl groups excluding tert-OH is 2. The summed E-state index contributed by atoms with van der Waals surface area (Å²) >= 11 is 0. The summed E-state index contributed by atoms with van der Waals surface area (Å²) < 4.78 is 1.06. The van der Waals surface area contributed by atoms with Crippen molar-refractivity contribution in [3.8, 4) is 23.3 Å². The lowest BCUT2D eigenvalue weighted by atomic mass is 10.1. The maximum absolute atomic E-state index is 10.0. The van der Waals surface area contributed by atoms with Crippen LogP contribution in [-0.4, -0.2) is 47.9 Å². The molecule has 0 aliphatic carbocycles. The second-order valence-corrected chi connectivity index (χ2v) is 4.79. The molecule has 0 saturated carbocycles. The number of phenols is 2. The van der Waals surface area contributed by atoms with Gasteiger partial charge in [0.05, 0.1) is 19.3 Å². The maximum atomic E-state index is 10.0. The largest absolute Gasteiger partial charge is 0.508 e. The molecular weight excluding hydrogens is 278 g/mol. The number of nitrogens with zero attached hydrogens (tertiary/aromatic N) is 1. The molecule has 1 unspecified atom stereocenters. The highest BCUT2D eigenvalue weighted by Gasteiger charge is 2.17. The van der Waals surface area contributed by atoms with Gasteiger partial charge in [0.1, 0.15) is 11.5 Å². The van der Waals surface area contributed by atoms with Crippen LogP contribution in [0.15, 0.2) is 24.3 Å². The number of phenolic OH excluding ortho intramolecular Hbond substituents is 2. The molecule has 0 aliphatic rings. The lowest BCUT2D eigenvalue weighted by Crippen LogP contribution is -2.19. The van der Waals surface area contributed by atoms with Crippen LogP contribution < -0.4 is 0 Å². The minimum atomic E-state index is -1.11. The fourth-order valence-corrected chi connectivity index (χ4v) is 2.07. The van der Waals surface area contributed by atoms with Crippen molar-refractivity contribution in [2.24, 2.45) is 0 Å². The van der Waals surface area contributed by atoms with Gasteiger partial charge in [0, 0.05) is 24.1 Å². The highest BCUT2D eigenvalue weighted by Crippen LogP contribution is 2.32. The highest BCUT2D eigenvalue weighted by atomic mass is 16.3. The first-order valence-electron chi connectivity index (χ1n) is 6.32. The van der Waals surface area contributed by atoms with Gasteiger partial charge >= 0.3 is 0 Å². The molecule has 0 amide bonds. The molecular formula is C14H17NO6. The molecule has 1 heterocycles. The Morgan fingerprint density at radius 3 is 2.33 bits per heavy atom. The van der Waals surface area contributed by atoms with Gasteiger partial charge < -0.3 is 30.6 Å². The van der Waals surface area contributed by atoms with E-state index in [0.29, 0.717) is 11.1 Å². The van der Waals surface area contributed by atoms with Crippen LogP contribution >= 0.6 is 0 Å². The summed E-state index contributed by atoms with van der Waals surface area (Å²) in [6, 6.07) is 5.39. The third kappa shape index (κ3) is 3.21. The number of aromatic hydroxyl groups is 4. The minimum Gasteiger partial charge on any atom is -0.508 e. The van der Waals surface area contributed by atoms with Crippen LogP contribution in [0.3, 0.4) is 0 Å². The molecule has 6 N–H and O–H groups in total. The summed E-state index contributed by atoms with van der Waals surface area (Å²) in [6.07, 6.45) is -0.975. The fourth-order valence-electron chi connectivity index (χ4n) is 2.07. The van der Waals surface area contributed by atoms with Crippen LogP contribution in [0.2, 0.25) is 0 Å². The van der Waals surface area contributed by atoms with Gasteiger partial charge in [-0.3, -0.25) is 4.57 Å². The SMILES string of the molecule is OCC(O)Cn1c(O)cc(Cc2ccc(O)cc2O)c1O. The van der Waals surface area contributed by atoms with Gasteiger partial charge in [-0.1, -0.05) is 6.07 Å². The van der Waals surface area contributed by atoms with E-state index in [4.69, 9.17) is 5.11 Å². The Labute approximate surface area is 120 Å². The first-order valence-corrected chi connectivity index (χ1v) is 6.32. The van der Waals surface area contributed by atoms with E-state index < -0.39 is 12.7 Å². The first-order chi connectivity index (χ1) is 9.92. The molecule has 7 nitrogen and oxygen atoms in total. The van der Waals surface area contributed by atoms with Gasteiger partial charge in [-0.05, 0) is 11.6 Å². The maximum Gasteiger partial charge on any atom is 0.197 e. The summed E-state index contributed by atoms with van der Waals surface area (Å²) in [6.45, 7) is -0.652. The van der Waals surface area contributed by atoms with Crippen molar-refractivity contribution in [2.45, 2.75) is 19.1 Å². The van der Waals surface area contributed by atoms with Gasteiger partial charge in [0.25, 0.3) is 0 Å². The van der Waals surface area contributed by atoms with Gasteiger partial charge in [0.2, 0.25) is 0 Å². The molecule has 0 aliphatic heterocycles. The zero-order chi connectivity index (χ0) is 15.6. The quantitative estimate of drug-likeness (QED) is 0.469. The topological polar surface area (TPSA) is 126 Å². The van der Waals surface area contributed by atoms with Gasteiger partial charge in [0.15, 0.2) is 11.8 Å². The number of hydrogen-bond acceptors (Lipinski definition) is 6. The Morgan fingerprint density at radius 2 is 1.71 bits per heavy atom. The Morgan fingerprint density at radius 1 is 1.00 bits per heavy atom. The average Bonchev–Trinajstić information content (AvgIpc) is 2.69. The monoisotopic (exact) mass is 295 g/mol. The fraction of sp³-hybridized carbons (Fsp3) is 0.286. The number of aliphatic hydroxyl groups is 2. The van der Waals surface area contributed by atoms with Crippen molar-refractivity contribution in [2.75, 3.05) is 6.61 Å². The highest BCUT2D eigenvalue weighted by molar-refractivity contribution is 5.45. The molecule has 0 bridgehead atoms. The zero-order valence-corrected chi connectivity index (χ0v) is 11.1. The van der Waals surface area contributed by atoms with E-state index in [1.54, 1.807) is 0 Å². The molecule has 1 atom stereocenters. The van der Waals surface area contributed by atoms with Crippen LogP contribution in [-0.2, 0) is 13.0 Å². The number of benzene rings is 1. The molecule has 0 spiro atoms. The Hall–Kier alpha value is -2.38. The van der Waals surface area contributed by atoms with E-state index in [-0.39, 0.29) is 36.2 Å². The van der Waals surface area contributed by atoms with E-state index in [1.807, 2.05) is 0 Å².